The topological polar surface area (TPSA) is 95.5 Å². The summed E-state index contributed by atoms with van der Waals surface area (Å²) in [5, 5.41) is 0.679. The summed E-state index contributed by atoms with van der Waals surface area (Å²) in [6.45, 7) is 6.01. The van der Waals surface area contributed by atoms with Gasteiger partial charge in [0.15, 0.2) is 0 Å². The van der Waals surface area contributed by atoms with Crippen LogP contribution in [0.2, 0.25) is 5.02 Å². The molecule has 0 saturated carbocycles. The number of carbonyl (C=O) groups excluding carboxylic acids is 1. The smallest absolute Gasteiger partial charge is 0.243 e. The van der Waals surface area contributed by atoms with Gasteiger partial charge in [0.1, 0.15) is 22.0 Å². The molecule has 170 valence electrons. The Hall–Kier alpha value is -2.27. The summed E-state index contributed by atoms with van der Waals surface area (Å²) in [6.07, 6.45) is 0. The highest BCUT2D eigenvalue weighted by atomic mass is 35.5. The molecule has 2 heterocycles. The van der Waals surface area contributed by atoms with Crippen molar-refractivity contribution in [2.24, 2.45) is 5.92 Å². The Balaban J connectivity index is 1.47. The third-order valence-corrected chi connectivity index (χ3v) is 7.80. The fraction of sp³-hybridized carbons (Fsp3) is 0.381. The van der Waals surface area contributed by atoms with Crippen molar-refractivity contribution in [2.45, 2.75) is 24.8 Å². The van der Waals surface area contributed by atoms with Gasteiger partial charge in [-0.2, -0.15) is 13.5 Å². The molecule has 1 N–H and O–H groups in total. The molecule has 1 aliphatic heterocycles. The molecular formula is C21H24ClN5O3S2. The normalized spacial score (nSPS) is 16.0. The minimum absolute atomic E-state index is 0.0368. The van der Waals surface area contributed by atoms with Crippen LogP contribution in [0.25, 0.3) is 11.0 Å². The Morgan fingerprint density at radius 2 is 1.75 bits per heavy atom. The number of halogens is 1. The van der Waals surface area contributed by atoms with Gasteiger partial charge in [0.25, 0.3) is 0 Å². The number of amides is 1. The second-order valence-corrected chi connectivity index (χ2v) is 10.7. The standard InChI is InChI=1S/C21H24ClN5O3S2/c1-14(2)19(25-32(29,30)18-5-3-4-17-20(18)24-31-23-17)21(28)27-12-10-26(11-13-27)16-8-6-15(22)7-9-16/h3-9,14,19,25H,10-13H2,1-2H3/t19-/m0/s1. The molecule has 3 aromatic rings. The fourth-order valence-corrected chi connectivity index (χ4v) is 5.96. The van der Waals surface area contributed by atoms with E-state index in [4.69, 9.17) is 11.6 Å². The summed E-state index contributed by atoms with van der Waals surface area (Å²) in [5.74, 6) is -0.442. The van der Waals surface area contributed by atoms with Crippen LogP contribution in [0, 0.1) is 5.92 Å². The number of sulfonamides is 1. The van der Waals surface area contributed by atoms with E-state index in [1.165, 1.54) is 6.07 Å². The number of benzene rings is 2. The van der Waals surface area contributed by atoms with Crippen molar-refractivity contribution in [1.82, 2.24) is 18.4 Å². The van der Waals surface area contributed by atoms with E-state index in [-0.39, 0.29) is 16.7 Å². The van der Waals surface area contributed by atoms with Crippen LogP contribution < -0.4 is 9.62 Å². The maximum Gasteiger partial charge on any atom is 0.243 e. The van der Waals surface area contributed by atoms with Crippen LogP contribution in [0.15, 0.2) is 47.4 Å². The zero-order valence-corrected chi connectivity index (χ0v) is 20.1. The Morgan fingerprint density at radius 1 is 1.06 bits per heavy atom. The van der Waals surface area contributed by atoms with Gasteiger partial charge in [0.2, 0.25) is 15.9 Å². The van der Waals surface area contributed by atoms with Gasteiger partial charge in [-0.05, 0) is 42.3 Å². The molecule has 4 rings (SSSR count). The van der Waals surface area contributed by atoms with E-state index < -0.39 is 16.1 Å². The molecule has 1 saturated heterocycles. The summed E-state index contributed by atoms with van der Waals surface area (Å²) in [5.41, 5.74) is 1.88. The predicted molar refractivity (Wildman–Crippen MR) is 127 cm³/mol. The number of hydrogen-bond donors (Lipinski definition) is 1. The van der Waals surface area contributed by atoms with Gasteiger partial charge in [-0.1, -0.05) is 31.5 Å². The fourth-order valence-electron chi connectivity index (χ4n) is 3.73. The first kappa shape index (κ1) is 22.9. The van der Waals surface area contributed by atoms with E-state index in [0.717, 1.165) is 17.4 Å². The molecule has 32 heavy (non-hydrogen) atoms. The van der Waals surface area contributed by atoms with E-state index in [9.17, 15) is 13.2 Å². The van der Waals surface area contributed by atoms with Gasteiger partial charge in [-0.25, -0.2) is 8.42 Å². The molecule has 0 aliphatic carbocycles. The quantitative estimate of drug-likeness (QED) is 0.567. The Morgan fingerprint density at radius 3 is 2.41 bits per heavy atom. The molecule has 1 atom stereocenters. The monoisotopic (exact) mass is 493 g/mol. The first-order valence-electron chi connectivity index (χ1n) is 10.3. The van der Waals surface area contributed by atoms with Crippen LogP contribution in [-0.2, 0) is 14.8 Å². The molecular weight excluding hydrogens is 470 g/mol. The molecule has 2 aromatic carbocycles. The number of fused-ring (bicyclic) bond motifs is 1. The lowest BCUT2D eigenvalue weighted by Crippen LogP contribution is -2.56. The SMILES string of the molecule is CC(C)[C@H](NS(=O)(=O)c1cccc2nsnc12)C(=O)N1CCN(c2ccc(Cl)cc2)CC1. The molecule has 1 amide bonds. The Bertz CT molecular complexity index is 1210. The van der Waals surface area contributed by atoms with Gasteiger partial charge < -0.3 is 9.80 Å². The minimum Gasteiger partial charge on any atom is -0.368 e. The molecule has 8 nitrogen and oxygen atoms in total. The average Bonchev–Trinajstić information content (AvgIpc) is 3.26. The molecule has 0 unspecified atom stereocenters. The van der Waals surface area contributed by atoms with E-state index in [2.05, 4.69) is 18.4 Å². The van der Waals surface area contributed by atoms with Crippen LogP contribution in [0.1, 0.15) is 13.8 Å². The van der Waals surface area contributed by atoms with E-state index in [1.807, 2.05) is 38.1 Å². The lowest BCUT2D eigenvalue weighted by atomic mass is 10.0. The second kappa shape index (κ2) is 9.30. The zero-order chi connectivity index (χ0) is 22.9. The van der Waals surface area contributed by atoms with Crippen molar-refractivity contribution in [3.63, 3.8) is 0 Å². The number of hydrogen-bond acceptors (Lipinski definition) is 7. The molecule has 1 aliphatic rings. The molecule has 1 fully saturated rings. The third-order valence-electron chi connectivity index (χ3n) is 5.54. The maximum atomic E-state index is 13.3. The number of aromatic nitrogens is 2. The summed E-state index contributed by atoms with van der Waals surface area (Å²) in [6, 6.07) is 11.6. The highest BCUT2D eigenvalue weighted by molar-refractivity contribution is 7.89. The van der Waals surface area contributed by atoms with Gasteiger partial charge in [0.05, 0.1) is 11.7 Å². The van der Waals surface area contributed by atoms with Gasteiger partial charge in [-0.3, -0.25) is 4.79 Å². The van der Waals surface area contributed by atoms with Crippen LogP contribution in [0.4, 0.5) is 5.69 Å². The Labute approximate surface area is 196 Å². The van der Waals surface area contributed by atoms with Gasteiger partial charge >= 0.3 is 0 Å². The Kier molecular flexibility index (Phi) is 6.66. The lowest BCUT2D eigenvalue weighted by molar-refractivity contribution is -0.134. The van der Waals surface area contributed by atoms with Gasteiger partial charge in [0, 0.05) is 36.9 Å². The van der Waals surface area contributed by atoms with Crippen molar-refractivity contribution in [3.8, 4) is 0 Å². The number of nitrogens with zero attached hydrogens (tertiary/aromatic N) is 4. The predicted octanol–water partition coefficient (Wildman–Crippen LogP) is 3.00. The number of nitrogens with one attached hydrogen (secondary N) is 1. The number of anilines is 1. The number of piperazine rings is 1. The van der Waals surface area contributed by atoms with Crippen LogP contribution in [0.5, 0.6) is 0 Å². The van der Waals surface area contributed by atoms with E-state index in [0.29, 0.717) is 42.2 Å². The summed E-state index contributed by atoms with van der Waals surface area (Å²) in [4.78, 5) is 17.2. The first-order chi connectivity index (χ1) is 15.3. The van der Waals surface area contributed by atoms with Crippen LogP contribution in [-0.4, -0.2) is 60.2 Å². The van der Waals surface area contributed by atoms with Crippen molar-refractivity contribution < 1.29 is 13.2 Å². The molecule has 11 heteroatoms. The highest BCUT2D eigenvalue weighted by Gasteiger charge is 2.34. The minimum atomic E-state index is -3.96. The summed E-state index contributed by atoms with van der Waals surface area (Å²) < 4.78 is 37.1. The maximum absolute atomic E-state index is 13.3. The zero-order valence-electron chi connectivity index (χ0n) is 17.7. The van der Waals surface area contributed by atoms with Crippen molar-refractivity contribution in [2.75, 3.05) is 31.1 Å². The molecule has 0 radical (unpaired) electrons. The number of carbonyl (C=O) groups is 1. The molecule has 0 bridgehead atoms. The van der Waals surface area contributed by atoms with E-state index >= 15 is 0 Å². The average molecular weight is 494 g/mol. The lowest BCUT2D eigenvalue weighted by Gasteiger charge is -2.38. The van der Waals surface area contributed by atoms with Crippen molar-refractivity contribution >= 4 is 56.0 Å². The molecule has 0 spiro atoms. The van der Waals surface area contributed by atoms with Crippen LogP contribution >= 0.6 is 23.3 Å². The largest absolute Gasteiger partial charge is 0.368 e. The summed E-state index contributed by atoms with van der Waals surface area (Å²) in [7, 11) is -3.96. The third kappa shape index (κ3) is 4.73. The number of rotatable bonds is 6. The summed E-state index contributed by atoms with van der Waals surface area (Å²) >= 11 is 6.93. The van der Waals surface area contributed by atoms with Crippen molar-refractivity contribution in [1.29, 1.82) is 0 Å². The van der Waals surface area contributed by atoms with Crippen molar-refractivity contribution in [3.05, 3.63) is 47.5 Å². The van der Waals surface area contributed by atoms with E-state index in [1.54, 1.807) is 17.0 Å². The molecule has 1 aromatic heterocycles. The van der Waals surface area contributed by atoms with Gasteiger partial charge in [-0.15, -0.1) is 0 Å². The first-order valence-corrected chi connectivity index (χ1v) is 12.9. The highest BCUT2D eigenvalue weighted by Crippen LogP contribution is 2.23. The van der Waals surface area contributed by atoms with Crippen LogP contribution in [0.3, 0.4) is 0 Å². The second-order valence-electron chi connectivity index (χ2n) is 8.02.